The number of aliphatic hydroxyl groups excluding tert-OH is 5. The standard InChI is InChI=1S/C85H95F2N9O25/c1-2-3-39-108-73(85(86,87)49-89-94-88)74(102)90-57-40-58(91-80(103)109-44-50-25-11-4-12-26-50)68(119-77-62(92-81(104)110-45-51-27-13-5-14-28-51)65(99)69-59(114-77)41-95(75(117-69)55-35-21-9-22-36-55)83(106)112-47-53-31-17-7-18-32-53)72(64(57)98)121-79-67(101)71(61(43-97)116-79)120-78-63(93-82(105)111-46-52-29-15-6-16-30-52)66(100)70-60(115-78)42-96(76(118-70)56-37-23-10-24-38-56)84(107)113-48-54-33-19-8-20-34-54/h4-38,57-73,75-79,97-101H,2-3,39-49H2,1H3,(H,90,102)(H,91,103)(H,92,104)(H,93,105)/t57-,58+,59-,60+,61-,62-,63-,64+,65+,66-,67-,68-,69-,70-,71-,72-,73-,75?,76?,77-,78-,79+/m1/s1. The van der Waals surface area contributed by atoms with Crippen LogP contribution in [0.2, 0.25) is 0 Å². The van der Waals surface area contributed by atoms with Crippen LogP contribution in [0.5, 0.6) is 0 Å². The average Bonchev–Trinajstić information content (AvgIpc) is 1.71. The van der Waals surface area contributed by atoms with Gasteiger partial charge in [0.05, 0.1) is 38.3 Å². The predicted octanol–water partition coefficient (Wildman–Crippen LogP) is 8.13. The topological polar surface area (TPSA) is 436 Å². The van der Waals surface area contributed by atoms with E-state index >= 15 is 8.78 Å². The molecule has 644 valence electrons. The minimum atomic E-state index is -4.22. The monoisotopic (exact) mass is 1680 g/mol. The lowest BCUT2D eigenvalue weighted by Gasteiger charge is -2.52. The van der Waals surface area contributed by atoms with Gasteiger partial charge in [-0.05, 0) is 46.2 Å². The van der Waals surface area contributed by atoms with Crippen molar-refractivity contribution in [1.29, 1.82) is 0 Å². The van der Waals surface area contributed by atoms with E-state index in [-0.39, 0.29) is 46.0 Å². The van der Waals surface area contributed by atoms with Crippen LogP contribution in [-0.2, 0) is 104 Å². The molecule has 6 aliphatic rings. The molecule has 1 saturated carbocycles. The lowest BCUT2D eigenvalue weighted by molar-refractivity contribution is -0.335. The van der Waals surface area contributed by atoms with Crippen LogP contribution in [0.1, 0.15) is 77.6 Å². The third kappa shape index (κ3) is 22.4. The van der Waals surface area contributed by atoms with Crippen molar-refractivity contribution in [3.05, 3.63) is 262 Å². The normalized spacial score (nSPS) is 28.4. The molecule has 0 bridgehead atoms. The van der Waals surface area contributed by atoms with Crippen LogP contribution in [0.25, 0.3) is 10.4 Å². The van der Waals surface area contributed by atoms with Crippen molar-refractivity contribution < 1.29 is 129 Å². The SMILES string of the molecule is CCCCO[C@H](C(=O)N[C@@H]1C[C@H](NC(=O)OCc2ccccc2)[C@@H](O[C@H]2O[C@@H]3CN(C(=O)OCc4ccccc4)C(c4ccccc4)O[C@H]3[C@@H](O)[C@H]2NC(=O)OCc2ccccc2)[C@H](O[C@@H]2O[C@H](CO)[C@@H](O[C@H]3O[C@H]4CN(C(=O)OCc5ccccc5)C(c5ccccc5)O[C@H]4[C@H](O)[C@H]3NC(=O)OCc3ccccc3)[C@H]2O)[C@H]1O)C(F)(F)CN=[N+]=[N-]. The van der Waals surface area contributed by atoms with Gasteiger partial charge in [-0.2, -0.15) is 0 Å². The van der Waals surface area contributed by atoms with Gasteiger partial charge in [0.15, 0.2) is 37.4 Å². The molecule has 36 heteroatoms. The molecule has 34 nitrogen and oxygen atoms in total. The Bertz CT molecular complexity index is 4540. The minimum Gasteiger partial charge on any atom is -0.445 e. The summed E-state index contributed by atoms with van der Waals surface area (Å²) in [6.45, 7) is -3.46. The van der Waals surface area contributed by atoms with E-state index in [9.17, 15) is 59.8 Å². The largest absolute Gasteiger partial charge is 0.445 e. The molecule has 1 aliphatic carbocycles. The fourth-order valence-electron chi connectivity index (χ4n) is 15.1. The first-order valence-electron chi connectivity index (χ1n) is 39.6. The highest BCUT2D eigenvalue weighted by atomic mass is 19.3. The fourth-order valence-corrected chi connectivity index (χ4v) is 15.1. The van der Waals surface area contributed by atoms with Gasteiger partial charge in [0.25, 0.3) is 11.8 Å². The summed E-state index contributed by atoms with van der Waals surface area (Å²) in [7, 11) is 0. The van der Waals surface area contributed by atoms with Gasteiger partial charge in [-0.1, -0.05) is 231 Å². The van der Waals surface area contributed by atoms with E-state index in [2.05, 4.69) is 31.3 Å². The van der Waals surface area contributed by atoms with Crippen LogP contribution < -0.4 is 21.3 Å². The summed E-state index contributed by atoms with van der Waals surface area (Å²) in [4.78, 5) is 91.8. The molecule has 0 spiro atoms. The van der Waals surface area contributed by atoms with Gasteiger partial charge in [0.1, 0.15) is 118 Å². The summed E-state index contributed by atoms with van der Waals surface area (Å²) in [6, 6.07) is 52.8. The summed E-state index contributed by atoms with van der Waals surface area (Å²) >= 11 is 0. The number of ether oxygens (including phenoxy) is 14. The maximum atomic E-state index is 16.4. The van der Waals surface area contributed by atoms with Crippen molar-refractivity contribution >= 4 is 36.4 Å². The zero-order valence-electron chi connectivity index (χ0n) is 65.5. The number of hydrogen-bond donors (Lipinski definition) is 9. The van der Waals surface area contributed by atoms with Gasteiger partial charge in [-0.15, -0.1) is 0 Å². The third-order valence-corrected chi connectivity index (χ3v) is 21.2. The number of aliphatic hydroxyl groups is 5. The van der Waals surface area contributed by atoms with E-state index in [1.807, 2.05) is 0 Å². The number of halogens is 2. The number of benzene rings is 7. The van der Waals surface area contributed by atoms with Crippen LogP contribution in [0.15, 0.2) is 217 Å². The smallest absolute Gasteiger partial charge is 0.412 e. The van der Waals surface area contributed by atoms with Gasteiger partial charge >= 0.3 is 30.5 Å². The van der Waals surface area contributed by atoms with Crippen LogP contribution >= 0.6 is 0 Å². The molecule has 5 saturated heterocycles. The zero-order chi connectivity index (χ0) is 84.9. The van der Waals surface area contributed by atoms with Crippen LogP contribution in [0.4, 0.5) is 32.8 Å². The van der Waals surface area contributed by atoms with Crippen LogP contribution in [-0.4, -0.2) is 233 Å². The second-order valence-corrected chi connectivity index (χ2v) is 29.6. The number of nitrogens with one attached hydrogen (secondary N) is 4. The number of alkyl halides is 2. The second-order valence-electron chi connectivity index (χ2n) is 29.6. The molecule has 6 fully saturated rings. The first kappa shape index (κ1) is 87.8. The summed E-state index contributed by atoms with van der Waals surface area (Å²) in [5.74, 6) is -5.80. The van der Waals surface area contributed by atoms with E-state index in [0.717, 1.165) is 0 Å². The van der Waals surface area contributed by atoms with E-state index in [0.29, 0.717) is 45.4 Å². The first-order chi connectivity index (χ1) is 58.7. The lowest BCUT2D eigenvalue weighted by atomic mass is 9.83. The average molecular weight is 1680 g/mol. The summed E-state index contributed by atoms with van der Waals surface area (Å²) in [6.07, 6.45) is -38.7. The highest BCUT2D eigenvalue weighted by molar-refractivity contribution is 5.82. The van der Waals surface area contributed by atoms with Crippen molar-refractivity contribution in [2.24, 2.45) is 5.11 Å². The van der Waals surface area contributed by atoms with E-state index in [4.69, 9.17) is 66.3 Å². The maximum absolute atomic E-state index is 16.4. The highest BCUT2D eigenvalue weighted by Crippen LogP contribution is 2.43. The zero-order valence-corrected chi connectivity index (χ0v) is 65.5. The van der Waals surface area contributed by atoms with Gasteiger partial charge in [0.2, 0.25) is 0 Å². The van der Waals surface area contributed by atoms with Crippen molar-refractivity contribution in [2.45, 2.75) is 200 Å². The van der Waals surface area contributed by atoms with Crippen molar-refractivity contribution in [3.63, 3.8) is 0 Å². The number of alkyl carbamates (subject to hydrolysis) is 3. The number of amides is 6. The Balaban J connectivity index is 0.865. The Morgan fingerprint density at radius 3 is 1.28 bits per heavy atom. The molecule has 121 heavy (non-hydrogen) atoms. The van der Waals surface area contributed by atoms with Crippen LogP contribution in [0.3, 0.4) is 0 Å². The molecule has 0 aromatic heterocycles. The Morgan fingerprint density at radius 1 is 0.488 bits per heavy atom. The summed E-state index contributed by atoms with van der Waals surface area (Å²) < 4.78 is 121. The van der Waals surface area contributed by atoms with Gasteiger partial charge < -0.3 is 113 Å². The fraction of sp³-hybridized carbons (Fsp3) is 0.435. The number of carbonyl (C=O) groups is 6. The number of carbonyl (C=O) groups excluding carboxylic acids is 6. The lowest BCUT2D eigenvalue weighted by Crippen LogP contribution is -2.72. The third-order valence-electron chi connectivity index (χ3n) is 21.2. The van der Waals surface area contributed by atoms with Gasteiger partial charge in [0, 0.05) is 22.6 Å². The molecule has 7 aromatic rings. The molecule has 5 aliphatic heterocycles. The molecule has 22 atom stereocenters. The highest BCUT2D eigenvalue weighted by Gasteiger charge is 2.60. The van der Waals surface area contributed by atoms with Crippen molar-refractivity contribution in [1.82, 2.24) is 31.1 Å². The molecule has 5 heterocycles. The number of fused-ring (bicyclic) bond motifs is 2. The second kappa shape index (κ2) is 42.0. The molecule has 6 amide bonds. The Kier molecular flexibility index (Phi) is 30.4. The maximum Gasteiger partial charge on any atom is 0.412 e. The molecule has 7 aromatic carbocycles. The van der Waals surface area contributed by atoms with Gasteiger partial charge in [-0.25, -0.2) is 32.8 Å². The molecule has 2 unspecified atom stereocenters. The van der Waals surface area contributed by atoms with Gasteiger partial charge in [-0.3, -0.25) is 14.6 Å². The number of azide groups is 1. The molecule has 9 N–H and O–H groups in total. The predicted molar refractivity (Wildman–Crippen MR) is 417 cm³/mol. The number of unbranched alkanes of at least 4 members (excludes halogenated alkanes) is 1. The summed E-state index contributed by atoms with van der Waals surface area (Å²) in [5, 5.41) is 76.7. The van der Waals surface area contributed by atoms with E-state index in [1.165, 1.54) is 9.80 Å². The number of nitrogens with zero attached hydrogens (tertiary/aromatic N) is 5. The number of hydrogen-bond acceptors (Lipinski definition) is 26. The van der Waals surface area contributed by atoms with E-state index < -0.39 is 210 Å². The summed E-state index contributed by atoms with van der Waals surface area (Å²) in [5.41, 5.74) is 12.9. The molecule has 13 rings (SSSR count). The Labute approximate surface area is 693 Å². The molecular formula is C85H95F2N9O25. The number of rotatable bonds is 31. The first-order valence-corrected chi connectivity index (χ1v) is 39.6. The van der Waals surface area contributed by atoms with Crippen molar-refractivity contribution in [3.8, 4) is 0 Å². The van der Waals surface area contributed by atoms with E-state index in [1.54, 1.807) is 219 Å². The van der Waals surface area contributed by atoms with Crippen molar-refractivity contribution in [2.75, 3.05) is 32.8 Å². The Hall–Kier alpha value is -11.0. The molecular weight excluding hydrogens is 1580 g/mol. The minimum absolute atomic E-state index is 0.167. The molecule has 0 radical (unpaired) electrons. The Morgan fingerprint density at radius 2 is 0.876 bits per heavy atom. The quantitative estimate of drug-likeness (QED) is 0.00650. The van der Waals surface area contributed by atoms with Crippen LogP contribution in [0, 0.1) is 0 Å².